The van der Waals surface area contributed by atoms with E-state index in [2.05, 4.69) is 38.6 Å². The van der Waals surface area contributed by atoms with Gasteiger partial charge in [0, 0.05) is 15.0 Å². The van der Waals surface area contributed by atoms with Gasteiger partial charge in [-0.3, -0.25) is 0 Å². The van der Waals surface area contributed by atoms with Gasteiger partial charge in [-0.15, -0.1) is 11.3 Å². The highest BCUT2D eigenvalue weighted by atomic mass is 32.1. The minimum atomic E-state index is -0.908. The summed E-state index contributed by atoms with van der Waals surface area (Å²) in [6.07, 6.45) is 1.17. The monoisotopic (exact) mass is 438 g/mol. The number of benzene rings is 2. The van der Waals surface area contributed by atoms with Crippen LogP contribution in [0.4, 0.5) is 0 Å². The molecule has 5 heteroatoms. The van der Waals surface area contributed by atoms with E-state index in [1.165, 1.54) is 10.4 Å². The van der Waals surface area contributed by atoms with E-state index < -0.39 is 12.1 Å². The molecule has 0 radical (unpaired) electrons. The van der Waals surface area contributed by atoms with Crippen molar-refractivity contribution in [3.05, 3.63) is 76.2 Å². The molecule has 1 aromatic heterocycles. The summed E-state index contributed by atoms with van der Waals surface area (Å²) in [5.74, 6) is -0.150. The number of carboxylic acid groups (broad SMARTS) is 1. The van der Waals surface area contributed by atoms with Gasteiger partial charge in [0.15, 0.2) is 0 Å². The van der Waals surface area contributed by atoms with E-state index in [1.54, 1.807) is 30.4 Å². The second kappa shape index (κ2) is 9.25. The first-order chi connectivity index (χ1) is 14.7. The molecule has 2 aromatic carbocycles. The van der Waals surface area contributed by atoms with Crippen molar-refractivity contribution in [1.82, 2.24) is 0 Å². The van der Waals surface area contributed by atoms with Crippen LogP contribution in [-0.2, 0) is 5.41 Å². The number of aromatic carboxylic acids is 1. The standard InChI is InChI=1S/C26H30O4S/c1-6-26(7-2,24-14-19-13-18(25(28)29)8-11-23(19)31-24)20-9-10-22(17(5)12-20)30-15-21(27)16(3)4/h8-14,21,27H,3,6-7,15H2,1-2,4-5H3,(H,28,29). The lowest BCUT2D eigenvalue weighted by atomic mass is 9.74. The maximum absolute atomic E-state index is 11.4. The molecule has 0 spiro atoms. The average molecular weight is 439 g/mol. The highest BCUT2D eigenvalue weighted by Gasteiger charge is 2.33. The zero-order valence-electron chi connectivity index (χ0n) is 18.6. The number of aryl methyl sites for hydroxylation is 1. The first-order valence-corrected chi connectivity index (χ1v) is 11.4. The number of carboxylic acids is 1. The molecule has 164 valence electrons. The van der Waals surface area contributed by atoms with Crippen molar-refractivity contribution in [2.75, 3.05) is 6.61 Å². The molecule has 1 unspecified atom stereocenters. The number of aliphatic hydroxyl groups excluding tert-OH is 1. The van der Waals surface area contributed by atoms with Crippen LogP contribution in [0.15, 0.2) is 54.6 Å². The fraction of sp³-hybridized carbons (Fsp3) is 0.346. The van der Waals surface area contributed by atoms with E-state index in [9.17, 15) is 15.0 Å². The molecule has 31 heavy (non-hydrogen) atoms. The van der Waals surface area contributed by atoms with Crippen molar-refractivity contribution in [2.24, 2.45) is 0 Å². The van der Waals surface area contributed by atoms with Crippen LogP contribution in [0, 0.1) is 6.92 Å². The minimum Gasteiger partial charge on any atom is -0.490 e. The van der Waals surface area contributed by atoms with Crippen LogP contribution in [0.2, 0.25) is 0 Å². The minimum absolute atomic E-state index is 0.159. The third-order valence-corrected chi connectivity index (χ3v) is 7.46. The highest BCUT2D eigenvalue weighted by Crippen LogP contribution is 2.45. The second-order valence-electron chi connectivity index (χ2n) is 8.11. The Balaban J connectivity index is 1.99. The van der Waals surface area contributed by atoms with Crippen molar-refractivity contribution in [1.29, 1.82) is 0 Å². The van der Waals surface area contributed by atoms with E-state index in [1.807, 2.05) is 19.1 Å². The van der Waals surface area contributed by atoms with Gasteiger partial charge in [0.2, 0.25) is 0 Å². The molecule has 0 saturated carbocycles. The Kier molecular flexibility index (Phi) is 6.87. The summed E-state index contributed by atoms with van der Waals surface area (Å²) in [5, 5.41) is 20.2. The Morgan fingerprint density at radius 3 is 2.45 bits per heavy atom. The zero-order chi connectivity index (χ0) is 22.8. The van der Waals surface area contributed by atoms with E-state index >= 15 is 0 Å². The van der Waals surface area contributed by atoms with E-state index in [4.69, 9.17) is 4.74 Å². The topological polar surface area (TPSA) is 66.8 Å². The van der Waals surface area contributed by atoms with Crippen LogP contribution >= 0.6 is 11.3 Å². The van der Waals surface area contributed by atoms with Gasteiger partial charge in [0.05, 0.1) is 5.56 Å². The Hall–Kier alpha value is -2.63. The van der Waals surface area contributed by atoms with E-state index in [0.29, 0.717) is 11.1 Å². The number of carbonyl (C=O) groups is 1. The van der Waals surface area contributed by atoms with Crippen LogP contribution in [0.1, 0.15) is 60.0 Å². The molecule has 0 aliphatic heterocycles. The third kappa shape index (κ3) is 4.53. The predicted octanol–water partition coefficient (Wildman–Crippen LogP) is 6.33. The molecule has 0 aliphatic carbocycles. The number of fused-ring (bicyclic) bond motifs is 1. The summed E-state index contributed by atoms with van der Waals surface area (Å²) >= 11 is 1.73. The summed E-state index contributed by atoms with van der Waals surface area (Å²) < 4.78 is 6.91. The number of hydrogen-bond acceptors (Lipinski definition) is 4. The second-order valence-corrected chi connectivity index (χ2v) is 9.19. The number of aliphatic hydroxyl groups is 1. The smallest absolute Gasteiger partial charge is 0.335 e. The van der Waals surface area contributed by atoms with Gasteiger partial charge in [0.25, 0.3) is 0 Å². The fourth-order valence-electron chi connectivity index (χ4n) is 3.98. The van der Waals surface area contributed by atoms with Gasteiger partial charge in [-0.25, -0.2) is 4.79 Å². The van der Waals surface area contributed by atoms with Gasteiger partial charge in [-0.1, -0.05) is 32.6 Å². The molecule has 4 nitrogen and oxygen atoms in total. The Bertz CT molecular complexity index is 1110. The average Bonchev–Trinajstić information content (AvgIpc) is 3.17. The molecule has 1 heterocycles. The summed E-state index contributed by atoms with van der Waals surface area (Å²) in [5.41, 5.74) is 3.07. The molecule has 0 amide bonds. The molecule has 3 aromatic rings. The largest absolute Gasteiger partial charge is 0.490 e. The number of rotatable bonds is 9. The molecule has 0 aliphatic rings. The molecule has 3 rings (SSSR count). The lowest BCUT2D eigenvalue weighted by molar-refractivity contribution is 0.0697. The maximum atomic E-state index is 11.4. The third-order valence-electron chi connectivity index (χ3n) is 6.14. The van der Waals surface area contributed by atoms with Crippen LogP contribution in [-0.4, -0.2) is 28.9 Å². The zero-order valence-corrected chi connectivity index (χ0v) is 19.4. The number of hydrogen-bond donors (Lipinski definition) is 2. The van der Waals surface area contributed by atoms with Gasteiger partial charge in [-0.05, 0) is 79.1 Å². The molecule has 0 fully saturated rings. The molecule has 0 bridgehead atoms. The van der Waals surface area contributed by atoms with Crippen LogP contribution in [0.5, 0.6) is 5.75 Å². The lowest BCUT2D eigenvalue weighted by Gasteiger charge is -2.32. The summed E-state index contributed by atoms with van der Waals surface area (Å²) in [4.78, 5) is 12.6. The summed E-state index contributed by atoms with van der Waals surface area (Å²) in [7, 11) is 0. The Morgan fingerprint density at radius 1 is 1.16 bits per heavy atom. The number of ether oxygens (including phenoxy) is 1. The van der Waals surface area contributed by atoms with Crippen LogP contribution < -0.4 is 4.74 Å². The van der Waals surface area contributed by atoms with Crippen molar-refractivity contribution < 1.29 is 19.7 Å². The van der Waals surface area contributed by atoms with Crippen molar-refractivity contribution in [2.45, 2.75) is 52.1 Å². The van der Waals surface area contributed by atoms with Crippen molar-refractivity contribution in [3.8, 4) is 5.75 Å². The molecule has 2 N–H and O–H groups in total. The first-order valence-electron chi connectivity index (χ1n) is 10.6. The van der Waals surface area contributed by atoms with Crippen molar-refractivity contribution in [3.63, 3.8) is 0 Å². The van der Waals surface area contributed by atoms with Crippen LogP contribution in [0.3, 0.4) is 0 Å². The first kappa shape index (κ1) is 23.0. The van der Waals surface area contributed by atoms with E-state index in [-0.39, 0.29) is 12.0 Å². The van der Waals surface area contributed by atoms with E-state index in [0.717, 1.165) is 34.2 Å². The summed E-state index contributed by atoms with van der Waals surface area (Å²) in [6, 6.07) is 13.7. The lowest BCUT2D eigenvalue weighted by Crippen LogP contribution is -2.25. The highest BCUT2D eigenvalue weighted by molar-refractivity contribution is 7.19. The Labute approximate surface area is 187 Å². The molecule has 0 saturated heterocycles. The maximum Gasteiger partial charge on any atom is 0.335 e. The van der Waals surface area contributed by atoms with Crippen molar-refractivity contribution >= 4 is 27.4 Å². The summed E-state index contributed by atoms with van der Waals surface area (Å²) in [6.45, 7) is 12.1. The fourth-order valence-corrected chi connectivity index (χ4v) is 5.38. The van der Waals surface area contributed by atoms with Gasteiger partial charge >= 0.3 is 5.97 Å². The predicted molar refractivity (Wildman–Crippen MR) is 128 cm³/mol. The molecular formula is C26H30O4S. The molecular weight excluding hydrogens is 408 g/mol. The Morgan fingerprint density at radius 2 is 1.87 bits per heavy atom. The SMILES string of the molecule is C=C(C)C(O)COc1ccc(C(CC)(CC)c2cc3cc(C(=O)O)ccc3s2)cc1C. The normalized spacial score (nSPS) is 12.7. The van der Waals surface area contributed by atoms with Gasteiger partial charge in [0.1, 0.15) is 18.5 Å². The van der Waals surface area contributed by atoms with Crippen LogP contribution in [0.25, 0.3) is 10.1 Å². The number of thiophene rings is 1. The molecule has 1 atom stereocenters. The van der Waals surface area contributed by atoms with Gasteiger partial charge in [-0.2, -0.15) is 0 Å². The quantitative estimate of drug-likeness (QED) is 0.383. The van der Waals surface area contributed by atoms with Gasteiger partial charge < -0.3 is 14.9 Å².